The number of ether oxygens (including phenoxy) is 1. The third-order valence-electron chi connectivity index (χ3n) is 4.80. The van der Waals surface area contributed by atoms with E-state index in [1.807, 2.05) is 11.0 Å². The number of anilines is 1. The van der Waals surface area contributed by atoms with Gasteiger partial charge in [0, 0.05) is 55.7 Å². The molecule has 28 heavy (non-hydrogen) atoms. The van der Waals surface area contributed by atoms with Crippen LogP contribution in [-0.4, -0.2) is 52.0 Å². The highest BCUT2D eigenvalue weighted by Gasteiger charge is 2.25. The third kappa shape index (κ3) is 5.04. The molecule has 0 atom stereocenters. The zero-order chi connectivity index (χ0) is 20.1. The van der Waals surface area contributed by atoms with Crippen LogP contribution in [0.3, 0.4) is 0 Å². The molecule has 2 aromatic heterocycles. The minimum atomic E-state index is -0.138. The molecule has 1 saturated heterocycles. The molecule has 0 aromatic carbocycles. The van der Waals surface area contributed by atoms with Gasteiger partial charge in [-0.15, -0.1) is 0 Å². The summed E-state index contributed by atoms with van der Waals surface area (Å²) < 4.78 is 5.26. The molecule has 3 rings (SSSR count). The van der Waals surface area contributed by atoms with Crippen molar-refractivity contribution in [3.63, 3.8) is 0 Å². The molecule has 1 amide bonds. The lowest BCUT2D eigenvalue weighted by molar-refractivity contribution is 0.0718. The van der Waals surface area contributed by atoms with Gasteiger partial charge in [-0.05, 0) is 25.0 Å². The molecule has 3 heterocycles. The van der Waals surface area contributed by atoms with Crippen LogP contribution in [0.1, 0.15) is 55.5 Å². The molecule has 7 nitrogen and oxygen atoms in total. The van der Waals surface area contributed by atoms with Crippen LogP contribution < -0.4 is 5.32 Å². The highest BCUT2D eigenvalue weighted by atomic mass is 16.5. The number of amides is 1. The molecule has 0 bridgehead atoms. The lowest BCUT2D eigenvalue weighted by Gasteiger charge is -2.33. The SMILES string of the molecule is COCc1cc(NC2CCN(C(=O)c3ccncc3)CC2)nc(C(C)(C)C)n1. The summed E-state index contributed by atoms with van der Waals surface area (Å²) in [7, 11) is 1.67. The maximum atomic E-state index is 12.6. The number of hydrogen-bond donors (Lipinski definition) is 1. The fourth-order valence-corrected chi connectivity index (χ4v) is 3.24. The van der Waals surface area contributed by atoms with Gasteiger partial charge in [0.1, 0.15) is 11.6 Å². The van der Waals surface area contributed by atoms with E-state index in [0.717, 1.165) is 43.3 Å². The van der Waals surface area contributed by atoms with E-state index in [-0.39, 0.29) is 17.4 Å². The molecule has 150 valence electrons. The molecule has 2 aromatic rings. The number of carbonyl (C=O) groups excluding carboxylic acids is 1. The number of carbonyl (C=O) groups is 1. The largest absolute Gasteiger partial charge is 0.378 e. The van der Waals surface area contributed by atoms with Gasteiger partial charge in [-0.3, -0.25) is 9.78 Å². The fraction of sp³-hybridized carbons (Fsp3) is 0.524. The van der Waals surface area contributed by atoms with Gasteiger partial charge in [-0.2, -0.15) is 0 Å². The van der Waals surface area contributed by atoms with E-state index >= 15 is 0 Å². The van der Waals surface area contributed by atoms with Crippen LogP contribution in [0, 0.1) is 0 Å². The average molecular weight is 383 g/mol. The van der Waals surface area contributed by atoms with Crippen LogP contribution in [0.2, 0.25) is 0 Å². The number of aromatic nitrogens is 3. The van der Waals surface area contributed by atoms with Crippen LogP contribution in [0.5, 0.6) is 0 Å². The monoisotopic (exact) mass is 383 g/mol. The zero-order valence-corrected chi connectivity index (χ0v) is 17.1. The minimum absolute atomic E-state index is 0.0697. The second-order valence-corrected chi connectivity index (χ2v) is 8.20. The molecule has 1 aliphatic heterocycles. The highest BCUT2D eigenvalue weighted by Crippen LogP contribution is 2.23. The molecule has 0 radical (unpaired) electrons. The Hall–Kier alpha value is -2.54. The van der Waals surface area contributed by atoms with Gasteiger partial charge in [0.05, 0.1) is 12.3 Å². The molecule has 0 spiro atoms. The Bertz CT molecular complexity index is 796. The van der Waals surface area contributed by atoms with Crippen molar-refractivity contribution in [1.29, 1.82) is 0 Å². The zero-order valence-electron chi connectivity index (χ0n) is 17.1. The van der Waals surface area contributed by atoms with E-state index in [4.69, 9.17) is 9.72 Å². The quantitative estimate of drug-likeness (QED) is 0.855. The van der Waals surface area contributed by atoms with Crippen molar-refractivity contribution < 1.29 is 9.53 Å². The number of nitrogens with zero attached hydrogens (tertiary/aromatic N) is 4. The van der Waals surface area contributed by atoms with Crippen molar-refractivity contribution in [2.24, 2.45) is 0 Å². The Balaban J connectivity index is 1.64. The summed E-state index contributed by atoms with van der Waals surface area (Å²) in [6.45, 7) is 8.21. The fourth-order valence-electron chi connectivity index (χ4n) is 3.24. The van der Waals surface area contributed by atoms with E-state index in [1.54, 1.807) is 31.6 Å². The van der Waals surface area contributed by atoms with Crippen LogP contribution in [0.4, 0.5) is 5.82 Å². The molecular formula is C21H29N5O2. The number of hydrogen-bond acceptors (Lipinski definition) is 6. The van der Waals surface area contributed by atoms with E-state index < -0.39 is 0 Å². The predicted molar refractivity (Wildman–Crippen MR) is 108 cm³/mol. The van der Waals surface area contributed by atoms with Gasteiger partial charge in [-0.1, -0.05) is 20.8 Å². The standard InChI is InChI=1S/C21H29N5O2/c1-21(2,3)20-24-17(14-28-4)13-18(25-20)23-16-7-11-26(12-8-16)19(27)15-5-9-22-10-6-15/h5-6,9-10,13,16H,7-8,11-12,14H2,1-4H3,(H,23,24,25). The molecule has 0 saturated carbocycles. The molecular weight excluding hydrogens is 354 g/mol. The number of piperidine rings is 1. The summed E-state index contributed by atoms with van der Waals surface area (Å²) in [4.78, 5) is 27.8. The first-order chi connectivity index (χ1) is 13.4. The van der Waals surface area contributed by atoms with Crippen molar-refractivity contribution in [1.82, 2.24) is 19.9 Å². The summed E-state index contributed by atoms with van der Waals surface area (Å²) in [6, 6.07) is 5.75. The summed E-state index contributed by atoms with van der Waals surface area (Å²) in [5, 5.41) is 3.54. The normalized spacial score (nSPS) is 15.5. The first-order valence-electron chi connectivity index (χ1n) is 9.70. The van der Waals surface area contributed by atoms with E-state index in [1.165, 1.54) is 0 Å². The van der Waals surface area contributed by atoms with Crippen molar-refractivity contribution in [2.75, 3.05) is 25.5 Å². The van der Waals surface area contributed by atoms with Gasteiger partial charge < -0.3 is 15.0 Å². The van der Waals surface area contributed by atoms with Crippen LogP contribution in [0.25, 0.3) is 0 Å². The van der Waals surface area contributed by atoms with Gasteiger partial charge in [-0.25, -0.2) is 9.97 Å². The number of methoxy groups -OCH3 is 1. The topological polar surface area (TPSA) is 80.2 Å². The van der Waals surface area contributed by atoms with Gasteiger partial charge in [0.2, 0.25) is 0 Å². The summed E-state index contributed by atoms with van der Waals surface area (Å²) in [5.41, 5.74) is 1.42. The van der Waals surface area contributed by atoms with Crippen LogP contribution in [-0.2, 0) is 16.8 Å². The number of likely N-dealkylation sites (tertiary alicyclic amines) is 1. The van der Waals surface area contributed by atoms with E-state index in [2.05, 4.69) is 36.1 Å². The Morgan fingerprint density at radius 1 is 1.21 bits per heavy atom. The van der Waals surface area contributed by atoms with Crippen molar-refractivity contribution >= 4 is 11.7 Å². The first kappa shape index (κ1) is 20.2. The molecule has 0 unspecified atom stereocenters. The maximum absolute atomic E-state index is 12.6. The van der Waals surface area contributed by atoms with Crippen molar-refractivity contribution in [3.8, 4) is 0 Å². The third-order valence-corrected chi connectivity index (χ3v) is 4.80. The molecule has 1 N–H and O–H groups in total. The van der Waals surface area contributed by atoms with Crippen molar-refractivity contribution in [2.45, 2.75) is 51.7 Å². The van der Waals surface area contributed by atoms with Gasteiger partial charge in [0.25, 0.3) is 5.91 Å². The molecule has 7 heteroatoms. The number of rotatable bonds is 5. The highest BCUT2D eigenvalue weighted by molar-refractivity contribution is 5.94. The van der Waals surface area contributed by atoms with Gasteiger partial charge >= 0.3 is 0 Å². The Morgan fingerprint density at radius 2 is 1.89 bits per heavy atom. The summed E-state index contributed by atoms with van der Waals surface area (Å²) >= 11 is 0. The maximum Gasteiger partial charge on any atom is 0.253 e. The van der Waals surface area contributed by atoms with Gasteiger partial charge in [0.15, 0.2) is 0 Å². The summed E-state index contributed by atoms with van der Waals surface area (Å²) in [6.07, 6.45) is 5.07. The Kier molecular flexibility index (Phi) is 6.24. The lowest BCUT2D eigenvalue weighted by atomic mass is 9.95. The van der Waals surface area contributed by atoms with Crippen LogP contribution in [0.15, 0.2) is 30.6 Å². The van der Waals surface area contributed by atoms with Crippen molar-refractivity contribution in [3.05, 3.63) is 47.7 Å². The Labute approximate surface area is 166 Å². The number of nitrogens with one attached hydrogen (secondary N) is 1. The molecule has 0 aliphatic carbocycles. The molecule has 1 aliphatic rings. The second-order valence-electron chi connectivity index (χ2n) is 8.20. The first-order valence-corrected chi connectivity index (χ1v) is 9.70. The smallest absolute Gasteiger partial charge is 0.253 e. The predicted octanol–water partition coefficient (Wildman–Crippen LogP) is 3.03. The Morgan fingerprint density at radius 3 is 2.50 bits per heavy atom. The number of pyridine rings is 1. The minimum Gasteiger partial charge on any atom is -0.378 e. The van der Waals surface area contributed by atoms with E-state index in [9.17, 15) is 4.79 Å². The second kappa shape index (κ2) is 8.65. The van der Waals surface area contributed by atoms with E-state index in [0.29, 0.717) is 12.2 Å². The lowest BCUT2D eigenvalue weighted by Crippen LogP contribution is -2.42. The summed E-state index contributed by atoms with van der Waals surface area (Å²) in [5.74, 6) is 1.70. The van der Waals surface area contributed by atoms with Crippen LogP contribution >= 0.6 is 0 Å². The average Bonchev–Trinajstić information content (AvgIpc) is 2.68. The molecule has 1 fully saturated rings.